The number of aromatic nitrogens is 1. The van der Waals surface area contributed by atoms with Gasteiger partial charge in [-0.15, -0.1) is 0 Å². The molecule has 0 spiro atoms. The molecule has 2 rings (SSSR count). The van der Waals surface area contributed by atoms with Crippen molar-refractivity contribution in [1.29, 1.82) is 0 Å². The van der Waals surface area contributed by atoms with Crippen molar-refractivity contribution in [3.8, 4) is 0 Å². The molecule has 4 nitrogen and oxygen atoms in total. The molecule has 17 heavy (non-hydrogen) atoms. The average molecular weight is 254 g/mol. The standard InChI is InChI=1S/C12H16ClN3O/c1-12(6-2-3-8-15-12)11(17)16-10-9(13)5-4-7-14-10/h4-5,7,15H,2-3,6,8H2,1H3,(H,14,16,17). The van der Waals surface area contributed by atoms with Crippen LogP contribution in [-0.4, -0.2) is 23.0 Å². The first-order valence-electron chi connectivity index (χ1n) is 5.79. The van der Waals surface area contributed by atoms with Gasteiger partial charge >= 0.3 is 0 Å². The van der Waals surface area contributed by atoms with Crippen LogP contribution in [-0.2, 0) is 4.79 Å². The highest BCUT2D eigenvalue weighted by Gasteiger charge is 2.34. The van der Waals surface area contributed by atoms with E-state index in [1.165, 1.54) is 0 Å². The largest absolute Gasteiger partial charge is 0.308 e. The number of hydrogen-bond acceptors (Lipinski definition) is 3. The summed E-state index contributed by atoms with van der Waals surface area (Å²) in [5.74, 6) is 0.352. The normalized spacial score (nSPS) is 24.4. The van der Waals surface area contributed by atoms with Crippen molar-refractivity contribution >= 4 is 23.3 Å². The molecule has 1 aliphatic heterocycles. The number of piperidine rings is 1. The first kappa shape index (κ1) is 12.3. The van der Waals surface area contributed by atoms with Gasteiger partial charge in [0.2, 0.25) is 5.91 Å². The summed E-state index contributed by atoms with van der Waals surface area (Å²) >= 11 is 5.96. The van der Waals surface area contributed by atoms with E-state index in [0.717, 1.165) is 25.8 Å². The molecule has 1 atom stereocenters. The fraction of sp³-hybridized carbons (Fsp3) is 0.500. The van der Waals surface area contributed by atoms with E-state index in [1.54, 1.807) is 18.3 Å². The number of carbonyl (C=O) groups excluding carboxylic acids is 1. The van der Waals surface area contributed by atoms with Gasteiger partial charge in [0.1, 0.15) is 0 Å². The fourth-order valence-electron chi connectivity index (χ4n) is 1.97. The van der Waals surface area contributed by atoms with Gasteiger partial charge in [0.05, 0.1) is 10.6 Å². The Balaban J connectivity index is 2.08. The maximum Gasteiger partial charge on any atom is 0.245 e. The Hall–Kier alpha value is -1.13. The van der Waals surface area contributed by atoms with Crippen molar-refractivity contribution in [2.24, 2.45) is 0 Å². The van der Waals surface area contributed by atoms with E-state index >= 15 is 0 Å². The highest BCUT2D eigenvalue weighted by atomic mass is 35.5. The predicted molar refractivity (Wildman–Crippen MR) is 68.1 cm³/mol. The maximum atomic E-state index is 12.2. The molecule has 1 aromatic heterocycles. The number of pyridine rings is 1. The molecule has 1 aliphatic rings. The predicted octanol–water partition coefficient (Wildman–Crippen LogP) is 2.21. The molecule has 2 heterocycles. The maximum absolute atomic E-state index is 12.2. The second-order valence-corrected chi connectivity index (χ2v) is 4.91. The molecular weight excluding hydrogens is 238 g/mol. The number of carbonyl (C=O) groups is 1. The first-order valence-corrected chi connectivity index (χ1v) is 6.17. The van der Waals surface area contributed by atoms with Gasteiger partial charge < -0.3 is 10.6 Å². The molecule has 1 aromatic rings. The van der Waals surface area contributed by atoms with Crippen LogP contribution in [0.25, 0.3) is 0 Å². The first-order chi connectivity index (χ1) is 8.12. The van der Waals surface area contributed by atoms with Crippen LogP contribution in [0, 0.1) is 0 Å². The Morgan fingerprint density at radius 1 is 1.59 bits per heavy atom. The zero-order valence-corrected chi connectivity index (χ0v) is 10.5. The third kappa shape index (κ3) is 2.76. The Labute approximate surface area is 106 Å². The lowest BCUT2D eigenvalue weighted by Crippen LogP contribution is -2.54. The molecule has 1 fully saturated rings. The average Bonchev–Trinajstić information content (AvgIpc) is 2.33. The summed E-state index contributed by atoms with van der Waals surface area (Å²) in [5.41, 5.74) is -0.515. The molecule has 1 unspecified atom stereocenters. The van der Waals surface area contributed by atoms with E-state index in [1.807, 2.05) is 6.92 Å². The van der Waals surface area contributed by atoms with Crippen LogP contribution in [0.1, 0.15) is 26.2 Å². The Morgan fingerprint density at radius 2 is 2.41 bits per heavy atom. The molecule has 1 saturated heterocycles. The smallest absolute Gasteiger partial charge is 0.245 e. The SMILES string of the molecule is CC1(C(=O)Nc2ncccc2Cl)CCCCN1. The van der Waals surface area contributed by atoms with Crippen LogP contribution in [0.2, 0.25) is 5.02 Å². The molecule has 0 radical (unpaired) electrons. The van der Waals surface area contributed by atoms with Gasteiger partial charge in [-0.3, -0.25) is 4.79 Å². The van der Waals surface area contributed by atoms with E-state index in [-0.39, 0.29) is 5.91 Å². The van der Waals surface area contributed by atoms with Crippen molar-refractivity contribution in [1.82, 2.24) is 10.3 Å². The lowest BCUT2D eigenvalue weighted by atomic mass is 9.90. The number of nitrogens with one attached hydrogen (secondary N) is 2. The van der Waals surface area contributed by atoms with Crippen LogP contribution in [0.5, 0.6) is 0 Å². The zero-order chi connectivity index (χ0) is 12.3. The summed E-state index contributed by atoms with van der Waals surface area (Å²) in [7, 11) is 0. The number of nitrogens with zero attached hydrogens (tertiary/aromatic N) is 1. The molecule has 92 valence electrons. The monoisotopic (exact) mass is 253 g/mol. The number of halogens is 1. The highest BCUT2D eigenvalue weighted by Crippen LogP contribution is 2.23. The van der Waals surface area contributed by atoms with Crippen molar-refractivity contribution in [3.05, 3.63) is 23.4 Å². The zero-order valence-electron chi connectivity index (χ0n) is 9.79. The van der Waals surface area contributed by atoms with Gasteiger partial charge in [0.15, 0.2) is 5.82 Å². The highest BCUT2D eigenvalue weighted by molar-refractivity contribution is 6.33. The van der Waals surface area contributed by atoms with Gasteiger partial charge in [-0.05, 0) is 44.9 Å². The summed E-state index contributed by atoms with van der Waals surface area (Å²) in [5, 5.41) is 6.49. The minimum atomic E-state index is -0.515. The summed E-state index contributed by atoms with van der Waals surface area (Å²) in [6, 6.07) is 3.44. The molecule has 0 aliphatic carbocycles. The lowest BCUT2D eigenvalue weighted by Gasteiger charge is -2.33. The van der Waals surface area contributed by atoms with E-state index in [0.29, 0.717) is 10.8 Å². The molecule has 2 N–H and O–H groups in total. The molecule has 0 bridgehead atoms. The van der Waals surface area contributed by atoms with Crippen LogP contribution < -0.4 is 10.6 Å². The summed E-state index contributed by atoms with van der Waals surface area (Å²) < 4.78 is 0. The summed E-state index contributed by atoms with van der Waals surface area (Å²) in [6.07, 6.45) is 4.63. The summed E-state index contributed by atoms with van der Waals surface area (Å²) in [6.45, 7) is 2.79. The number of anilines is 1. The Kier molecular flexibility index (Phi) is 3.64. The van der Waals surface area contributed by atoms with Crippen molar-refractivity contribution < 1.29 is 4.79 Å². The fourth-order valence-corrected chi connectivity index (χ4v) is 2.14. The van der Waals surface area contributed by atoms with Gasteiger partial charge in [0.25, 0.3) is 0 Å². The molecule has 0 aromatic carbocycles. The number of rotatable bonds is 2. The quantitative estimate of drug-likeness (QED) is 0.850. The second-order valence-electron chi connectivity index (χ2n) is 4.50. The van der Waals surface area contributed by atoms with Crippen molar-refractivity contribution in [2.75, 3.05) is 11.9 Å². The van der Waals surface area contributed by atoms with Crippen LogP contribution >= 0.6 is 11.6 Å². The van der Waals surface area contributed by atoms with E-state index < -0.39 is 5.54 Å². The van der Waals surface area contributed by atoms with Gasteiger partial charge in [-0.2, -0.15) is 0 Å². The van der Waals surface area contributed by atoms with Crippen molar-refractivity contribution in [3.63, 3.8) is 0 Å². The van der Waals surface area contributed by atoms with Gasteiger partial charge in [-0.25, -0.2) is 4.98 Å². The Morgan fingerprint density at radius 3 is 3.06 bits per heavy atom. The number of amides is 1. The topological polar surface area (TPSA) is 54.0 Å². The molecule has 1 amide bonds. The molecule has 0 saturated carbocycles. The van der Waals surface area contributed by atoms with Gasteiger partial charge in [0, 0.05) is 6.20 Å². The third-order valence-corrected chi connectivity index (χ3v) is 3.42. The lowest BCUT2D eigenvalue weighted by molar-refractivity contribution is -0.122. The van der Waals surface area contributed by atoms with Crippen LogP contribution in [0.4, 0.5) is 5.82 Å². The van der Waals surface area contributed by atoms with Gasteiger partial charge in [-0.1, -0.05) is 11.6 Å². The third-order valence-electron chi connectivity index (χ3n) is 3.11. The van der Waals surface area contributed by atoms with E-state index in [2.05, 4.69) is 15.6 Å². The minimum Gasteiger partial charge on any atom is -0.308 e. The second kappa shape index (κ2) is 5.02. The van der Waals surface area contributed by atoms with Crippen LogP contribution in [0.15, 0.2) is 18.3 Å². The Bertz CT molecular complexity index is 416. The van der Waals surface area contributed by atoms with E-state index in [9.17, 15) is 4.79 Å². The minimum absolute atomic E-state index is 0.0715. The van der Waals surface area contributed by atoms with Crippen molar-refractivity contribution in [2.45, 2.75) is 31.7 Å². The molecule has 5 heteroatoms. The van der Waals surface area contributed by atoms with Crippen LogP contribution in [0.3, 0.4) is 0 Å². The number of hydrogen-bond donors (Lipinski definition) is 2. The summed E-state index contributed by atoms with van der Waals surface area (Å²) in [4.78, 5) is 16.2. The molecular formula is C12H16ClN3O. The van der Waals surface area contributed by atoms with E-state index in [4.69, 9.17) is 11.6 Å².